The van der Waals surface area contributed by atoms with Gasteiger partial charge in [0.25, 0.3) is 5.91 Å². The summed E-state index contributed by atoms with van der Waals surface area (Å²) in [6.45, 7) is 0.343. The molecule has 4 bridgehead atoms. The lowest BCUT2D eigenvalue weighted by Crippen LogP contribution is -2.51. The van der Waals surface area contributed by atoms with Gasteiger partial charge in [0, 0.05) is 11.3 Å². The lowest BCUT2D eigenvalue weighted by molar-refractivity contribution is -0.140. The van der Waals surface area contributed by atoms with E-state index >= 15 is 0 Å². The van der Waals surface area contributed by atoms with Gasteiger partial charge in [-0.25, -0.2) is 0 Å². The van der Waals surface area contributed by atoms with E-state index in [4.69, 9.17) is 4.42 Å². The molecule has 0 saturated heterocycles. The molecule has 6 rings (SSSR count). The molecule has 4 saturated carbocycles. The standard InChI is InChI=1S/C23H26N2O3/c26-21(24-14-20-5-2-6-28-20)18-3-1-4-19(10-18)25-22(27)23-11-15-7-16(12-23)9-17(8-15)13-23/h1-6,10,15-17H,7-9,11-14H2,(H,24,26)(H,25,27). The highest BCUT2D eigenvalue weighted by Crippen LogP contribution is 2.60. The molecule has 0 atom stereocenters. The molecule has 0 radical (unpaired) electrons. The van der Waals surface area contributed by atoms with Crippen molar-refractivity contribution in [3.63, 3.8) is 0 Å². The van der Waals surface area contributed by atoms with Gasteiger partial charge in [-0.15, -0.1) is 0 Å². The van der Waals surface area contributed by atoms with E-state index < -0.39 is 0 Å². The molecular weight excluding hydrogens is 352 g/mol. The number of carbonyl (C=O) groups excluding carboxylic acids is 2. The summed E-state index contributed by atoms with van der Waals surface area (Å²) in [7, 11) is 0. The van der Waals surface area contributed by atoms with Crippen LogP contribution in [0.1, 0.15) is 54.6 Å². The average Bonchev–Trinajstić information content (AvgIpc) is 3.19. The highest BCUT2D eigenvalue weighted by Gasteiger charge is 2.54. The fourth-order valence-electron chi connectivity index (χ4n) is 6.07. The Balaban J connectivity index is 1.26. The van der Waals surface area contributed by atoms with Crippen molar-refractivity contribution in [2.24, 2.45) is 23.2 Å². The summed E-state index contributed by atoms with van der Waals surface area (Å²) in [5.41, 5.74) is 1.05. The molecule has 2 amide bonds. The van der Waals surface area contributed by atoms with E-state index in [1.165, 1.54) is 19.3 Å². The molecule has 0 aliphatic heterocycles. The van der Waals surface area contributed by atoms with Crippen LogP contribution in [0, 0.1) is 23.2 Å². The summed E-state index contributed by atoms with van der Waals surface area (Å²) in [5.74, 6) is 2.88. The van der Waals surface area contributed by atoms with E-state index in [9.17, 15) is 9.59 Å². The third-order valence-electron chi connectivity index (χ3n) is 6.91. The van der Waals surface area contributed by atoms with Crippen LogP contribution in [0.3, 0.4) is 0 Å². The number of benzene rings is 1. The Morgan fingerprint density at radius 2 is 1.71 bits per heavy atom. The maximum atomic E-state index is 13.2. The molecule has 1 aromatic carbocycles. The zero-order valence-corrected chi connectivity index (χ0v) is 15.9. The van der Waals surface area contributed by atoms with Crippen molar-refractivity contribution in [1.29, 1.82) is 0 Å². The van der Waals surface area contributed by atoms with Crippen LogP contribution in [-0.2, 0) is 11.3 Å². The van der Waals surface area contributed by atoms with Crippen molar-refractivity contribution >= 4 is 17.5 Å². The Morgan fingerprint density at radius 3 is 2.36 bits per heavy atom. The van der Waals surface area contributed by atoms with E-state index in [1.807, 2.05) is 18.2 Å². The number of hydrogen-bond acceptors (Lipinski definition) is 3. The zero-order chi connectivity index (χ0) is 19.1. The van der Waals surface area contributed by atoms with Gasteiger partial charge < -0.3 is 15.1 Å². The molecule has 0 spiro atoms. The summed E-state index contributed by atoms with van der Waals surface area (Å²) >= 11 is 0. The van der Waals surface area contributed by atoms with Crippen LogP contribution in [0.4, 0.5) is 5.69 Å². The van der Waals surface area contributed by atoms with Gasteiger partial charge in [-0.1, -0.05) is 6.07 Å². The van der Waals surface area contributed by atoms with Crippen molar-refractivity contribution in [3.05, 3.63) is 54.0 Å². The van der Waals surface area contributed by atoms with Crippen LogP contribution in [-0.4, -0.2) is 11.8 Å². The number of carbonyl (C=O) groups is 2. The molecule has 1 aromatic heterocycles. The van der Waals surface area contributed by atoms with Crippen LogP contribution >= 0.6 is 0 Å². The van der Waals surface area contributed by atoms with Gasteiger partial charge in [0.05, 0.1) is 18.2 Å². The molecular formula is C23H26N2O3. The molecule has 5 nitrogen and oxygen atoms in total. The lowest BCUT2D eigenvalue weighted by atomic mass is 9.49. The van der Waals surface area contributed by atoms with Crippen molar-refractivity contribution in [2.75, 3.05) is 5.32 Å². The van der Waals surface area contributed by atoms with E-state index in [0.717, 1.165) is 37.0 Å². The van der Waals surface area contributed by atoms with Gasteiger partial charge in [0.15, 0.2) is 0 Å². The van der Waals surface area contributed by atoms with Crippen LogP contribution in [0.25, 0.3) is 0 Å². The first-order chi connectivity index (χ1) is 13.6. The number of amides is 2. The van der Waals surface area contributed by atoms with Crippen molar-refractivity contribution in [2.45, 2.75) is 45.1 Å². The van der Waals surface area contributed by atoms with E-state index in [0.29, 0.717) is 23.6 Å². The Kier molecular flexibility index (Phi) is 4.26. The number of nitrogens with one attached hydrogen (secondary N) is 2. The fourth-order valence-corrected chi connectivity index (χ4v) is 6.07. The highest BCUT2D eigenvalue weighted by atomic mass is 16.3. The molecule has 0 unspecified atom stereocenters. The minimum Gasteiger partial charge on any atom is -0.467 e. The monoisotopic (exact) mass is 378 g/mol. The minimum absolute atomic E-state index is 0.153. The molecule has 1 heterocycles. The first-order valence-corrected chi connectivity index (χ1v) is 10.3. The molecule has 4 aliphatic rings. The Bertz CT molecular complexity index is 852. The summed E-state index contributed by atoms with van der Waals surface area (Å²) in [5, 5.41) is 5.97. The molecule has 4 fully saturated rings. The van der Waals surface area contributed by atoms with Gasteiger partial charge in [-0.2, -0.15) is 0 Å². The average molecular weight is 378 g/mol. The molecule has 4 aliphatic carbocycles. The second-order valence-corrected chi connectivity index (χ2v) is 8.99. The predicted octanol–water partition coefficient (Wildman–Crippen LogP) is 4.36. The third-order valence-corrected chi connectivity index (χ3v) is 6.91. The predicted molar refractivity (Wildman–Crippen MR) is 106 cm³/mol. The van der Waals surface area contributed by atoms with Crippen molar-refractivity contribution < 1.29 is 14.0 Å². The van der Waals surface area contributed by atoms with Crippen LogP contribution in [0.2, 0.25) is 0 Å². The number of anilines is 1. The second kappa shape index (κ2) is 6.80. The second-order valence-electron chi connectivity index (χ2n) is 8.99. The molecule has 2 N–H and O–H groups in total. The Hall–Kier alpha value is -2.56. The Labute approximate surface area is 164 Å². The van der Waals surface area contributed by atoms with Crippen LogP contribution in [0.15, 0.2) is 47.1 Å². The fraction of sp³-hybridized carbons (Fsp3) is 0.478. The van der Waals surface area contributed by atoms with Gasteiger partial charge in [0.1, 0.15) is 5.76 Å². The van der Waals surface area contributed by atoms with E-state index in [1.54, 1.807) is 24.5 Å². The van der Waals surface area contributed by atoms with Crippen molar-refractivity contribution in [1.82, 2.24) is 5.32 Å². The normalized spacial score (nSPS) is 30.2. The smallest absolute Gasteiger partial charge is 0.251 e. The molecule has 2 aromatic rings. The summed E-state index contributed by atoms with van der Waals surface area (Å²) in [6, 6.07) is 10.8. The van der Waals surface area contributed by atoms with Gasteiger partial charge in [-0.3, -0.25) is 9.59 Å². The Morgan fingerprint density at radius 1 is 1.00 bits per heavy atom. The summed E-state index contributed by atoms with van der Waals surface area (Å²) < 4.78 is 5.24. The third kappa shape index (κ3) is 3.23. The van der Waals surface area contributed by atoms with E-state index in [2.05, 4.69) is 10.6 Å². The van der Waals surface area contributed by atoms with Crippen LogP contribution < -0.4 is 10.6 Å². The zero-order valence-electron chi connectivity index (χ0n) is 15.9. The summed E-state index contributed by atoms with van der Waals surface area (Å²) in [4.78, 5) is 25.6. The largest absolute Gasteiger partial charge is 0.467 e. The number of furan rings is 1. The first-order valence-electron chi connectivity index (χ1n) is 10.3. The highest BCUT2D eigenvalue weighted by molar-refractivity contribution is 5.99. The molecule has 5 heteroatoms. The minimum atomic E-state index is -0.188. The van der Waals surface area contributed by atoms with Gasteiger partial charge >= 0.3 is 0 Å². The van der Waals surface area contributed by atoms with Crippen LogP contribution in [0.5, 0.6) is 0 Å². The van der Waals surface area contributed by atoms with Gasteiger partial charge in [-0.05, 0) is 86.6 Å². The maximum Gasteiger partial charge on any atom is 0.251 e. The quantitative estimate of drug-likeness (QED) is 0.812. The number of hydrogen-bond donors (Lipinski definition) is 2. The van der Waals surface area contributed by atoms with E-state index in [-0.39, 0.29) is 17.2 Å². The number of rotatable bonds is 5. The molecule has 146 valence electrons. The topological polar surface area (TPSA) is 71.3 Å². The molecule has 28 heavy (non-hydrogen) atoms. The first kappa shape index (κ1) is 17.5. The lowest BCUT2D eigenvalue weighted by Gasteiger charge is -2.55. The maximum absolute atomic E-state index is 13.2. The van der Waals surface area contributed by atoms with Gasteiger partial charge in [0.2, 0.25) is 5.91 Å². The van der Waals surface area contributed by atoms with Crippen molar-refractivity contribution in [3.8, 4) is 0 Å². The SMILES string of the molecule is O=C(NCc1ccco1)c1cccc(NC(=O)C23CC4CC(CC(C4)C2)C3)c1. The summed E-state index contributed by atoms with van der Waals surface area (Å²) in [6.07, 6.45) is 8.64.